The van der Waals surface area contributed by atoms with Crippen LogP contribution in [-0.2, 0) is 17.7 Å². The van der Waals surface area contributed by atoms with E-state index in [1.165, 1.54) is 0 Å². The SMILES string of the molecule is CC(C)CNCc1cnc(CCOCC(F)F)nc1. The summed E-state index contributed by atoms with van der Waals surface area (Å²) in [4.78, 5) is 8.35. The zero-order chi connectivity index (χ0) is 14.1. The molecule has 0 atom stereocenters. The summed E-state index contributed by atoms with van der Waals surface area (Å²) in [6.07, 6.45) is 1.54. The highest BCUT2D eigenvalue weighted by Crippen LogP contribution is 1.99. The molecule has 6 heteroatoms. The van der Waals surface area contributed by atoms with E-state index < -0.39 is 13.0 Å². The lowest BCUT2D eigenvalue weighted by molar-refractivity contribution is 0.0183. The number of nitrogens with one attached hydrogen (secondary N) is 1. The molecule has 0 fully saturated rings. The van der Waals surface area contributed by atoms with Crippen LogP contribution in [-0.4, -0.2) is 36.2 Å². The van der Waals surface area contributed by atoms with Crippen LogP contribution in [0.4, 0.5) is 8.78 Å². The van der Waals surface area contributed by atoms with Crippen LogP contribution in [0.25, 0.3) is 0 Å². The van der Waals surface area contributed by atoms with E-state index in [0.717, 1.165) is 18.7 Å². The molecule has 1 heterocycles. The molecule has 1 N–H and O–H groups in total. The fourth-order valence-electron chi connectivity index (χ4n) is 1.44. The van der Waals surface area contributed by atoms with Gasteiger partial charge in [-0.3, -0.25) is 0 Å². The molecule has 108 valence electrons. The second kappa shape index (κ2) is 8.87. The van der Waals surface area contributed by atoms with Crippen molar-refractivity contribution in [1.82, 2.24) is 15.3 Å². The number of alkyl halides is 2. The molecule has 4 nitrogen and oxygen atoms in total. The van der Waals surface area contributed by atoms with Gasteiger partial charge in [-0.1, -0.05) is 13.8 Å². The summed E-state index contributed by atoms with van der Waals surface area (Å²) in [7, 11) is 0. The van der Waals surface area contributed by atoms with Gasteiger partial charge in [0.15, 0.2) is 0 Å². The van der Waals surface area contributed by atoms with Crippen LogP contribution in [0.2, 0.25) is 0 Å². The number of aromatic nitrogens is 2. The zero-order valence-electron chi connectivity index (χ0n) is 11.4. The van der Waals surface area contributed by atoms with Gasteiger partial charge in [-0.05, 0) is 12.5 Å². The Morgan fingerprint density at radius 3 is 2.53 bits per heavy atom. The summed E-state index contributed by atoms with van der Waals surface area (Å²) >= 11 is 0. The Kier molecular flexibility index (Phi) is 7.43. The lowest BCUT2D eigenvalue weighted by atomic mass is 10.2. The molecule has 0 spiro atoms. The van der Waals surface area contributed by atoms with Crippen LogP contribution >= 0.6 is 0 Å². The van der Waals surface area contributed by atoms with Crippen molar-refractivity contribution in [2.24, 2.45) is 5.92 Å². The van der Waals surface area contributed by atoms with Crippen molar-refractivity contribution in [1.29, 1.82) is 0 Å². The van der Waals surface area contributed by atoms with Crippen molar-refractivity contribution in [2.75, 3.05) is 19.8 Å². The molecule has 0 aliphatic carbocycles. The minimum atomic E-state index is -2.42. The van der Waals surface area contributed by atoms with E-state index in [1.54, 1.807) is 12.4 Å². The minimum Gasteiger partial charge on any atom is -0.375 e. The van der Waals surface area contributed by atoms with Crippen molar-refractivity contribution in [2.45, 2.75) is 33.2 Å². The summed E-state index contributed by atoms with van der Waals surface area (Å²) in [5, 5.41) is 3.30. The highest BCUT2D eigenvalue weighted by Gasteiger charge is 2.03. The van der Waals surface area contributed by atoms with E-state index in [9.17, 15) is 8.78 Å². The van der Waals surface area contributed by atoms with E-state index in [1.807, 2.05) is 0 Å². The van der Waals surface area contributed by atoms with Gasteiger partial charge < -0.3 is 10.1 Å². The largest absolute Gasteiger partial charge is 0.375 e. The summed E-state index contributed by atoms with van der Waals surface area (Å²) in [5.74, 6) is 1.22. The molecular formula is C13H21F2N3O. The Bertz CT molecular complexity index is 344. The number of ether oxygens (including phenoxy) is 1. The fourth-order valence-corrected chi connectivity index (χ4v) is 1.44. The molecule has 0 radical (unpaired) electrons. The predicted octanol–water partition coefficient (Wildman–Crippen LogP) is 2.05. The van der Waals surface area contributed by atoms with Crippen LogP contribution in [0.1, 0.15) is 25.2 Å². The maximum absolute atomic E-state index is 11.8. The van der Waals surface area contributed by atoms with Crippen LogP contribution in [0.5, 0.6) is 0 Å². The van der Waals surface area contributed by atoms with Crippen molar-refractivity contribution in [3.05, 3.63) is 23.8 Å². The van der Waals surface area contributed by atoms with Crippen molar-refractivity contribution in [3.8, 4) is 0 Å². The van der Waals surface area contributed by atoms with Gasteiger partial charge in [0.05, 0.1) is 6.61 Å². The van der Waals surface area contributed by atoms with Crippen molar-refractivity contribution in [3.63, 3.8) is 0 Å². The molecule has 0 amide bonds. The topological polar surface area (TPSA) is 47.0 Å². The summed E-state index contributed by atoms with van der Waals surface area (Å²) in [6, 6.07) is 0. The number of hydrogen-bond acceptors (Lipinski definition) is 4. The average molecular weight is 273 g/mol. The van der Waals surface area contributed by atoms with Gasteiger partial charge in [-0.2, -0.15) is 0 Å². The predicted molar refractivity (Wildman–Crippen MR) is 69.1 cm³/mol. The molecule has 1 rings (SSSR count). The van der Waals surface area contributed by atoms with E-state index in [-0.39, 0.29) is 6.61 Å². The maximum atomic E-state index is 11.8. The Morgan fingerprint density at radius 2 is 1.95 bits per heavy atom. The van der Waals surface area contributed by atoms with E-state index in [0.29, 0.717) is 18.2 Å². The monoisotopic (exact) mass is 273 g/mol. The standard InChI is InChI=1S/C13H21F2N3O/c1-10(2)5-16-6-11-7-17-13(18-8-11)3-4-19-9-12(14)15/h7-8,10,12,16H,3-6,9H2,1-2H3. The quantitative estimate of drug-likeness (QED) is 0.699. The van der Waals surface area contributed by atoms with Gasteiger partial charge in [-0.15, -0.1) is 0 Å². The first-order valence-electron chi connectivity index (χ1n) is 6.44. The molecule has 0 saturated carbocycles. The molecule has 0 aliphatic heterocycles. The third-order valence-corrected chi connectivity index (χ3v) is 2.35. The second-order valence-corrected chi connectivity index (χ2v) is 4.75. The number of nitrogens with zero attached hydrogens (tertiary/aromatic N) is 2. The molecule has 1 aromatic heterocycles. The Balaban J connectivity index is 2.23. The van der Waals surface area contributed by atoms with E-state index in [2.05, 4.69) is 29.1 Å². The van der Waals surface area contributed by atoms with Gasteiger partial charge >= 0.3 is 0 Å². The van der Waals surface area contributed by atoms with Gasteiger partial charge in [0.25, 0.3) is 6.43 Å². The smallest absolute Gasteiger partial charge is 0.261 e. The highest BCUT2D eigenvalue weighted by atomic mass is 19.3. The normalized spacial score (nSPS) is 11.5. The lowest BCUT2D eigenvalue weighted by Gasteiger charge is -2.07. The molecule has 0 aliphatic rings. The first kappa shape index (κ1) is 15.9. The van der Waals surface area contributed by atoms with E-state index in [4.69, 9.17) is 4.74 Å². The lowest BCUT2D eigenvalue weighted by Crippen LogP contribution is -2.19. The minimum absolute atomic E-state index is 0.218. The third-order valence-electron chi connectivity index (χ3n) is 2.35. The van der Waals surface area contributed by atoms with Crippen LogP contribution in [0.3, 0.4) is 0 Å². The van der Waals surface area contributed by atoms with Crippen LogP contribution in [0.15, 0.2) is 12.4 Å². The molecule has 0 saturated heterocycles. The number of rotatable bonds is 9. The number of hydrogen-bond donors (Lipinski definition) is 1. The Hall–Kier alpha value is -1.14. The summed E-state index contributed by atoms with van der Waals surface area (Å²) in [6.45, 7) is 5.66. The van der Waals surface area contributed by atoms with Crippen LogP contribution in [0, 0.1) is 5.92 Å². The first-order chi connectivity index (χ1) is 9.08. The zero-order valence-corrected chi connectivity index (χ0v) is 11.4. The van der Waals surface area contributed by atoms with Gasteiger partial charge in [0.2, 0.25) is 0 Å². The van der Waals surface area contributed by atoms with Gasteiger partial charge in [0, 0.05) is 30.9 Å². The summed E-state index contributed by atoms with van der Waals surface area (Å²) < 4.78 is 28.4. The van der Waals surface area contributed by atoms with Gasteiger partial charge in [-0.25, -0.2) is 18.7 Å². The average Bonchev–Trinajstić information content (AvgIpc) is 2.36. The van der Waals surface area contributed by atoms with Crippen LogP contribution < -0.4 is 5.32 Å². The maximum Gasteiger partial charge on any atom is 0.261 e. The molecule has 19 heavy (non-hydrogen) atoms. The van der Waals surface area contributed by atoms with Gasteiger partial charge in [0.1, 0.15) is 12.4 Å². The third kappa shape index (κ3) is 7.79. The molecular weight excluding hydrogens is 252 g/mol. The summed E-state index contributed by atoms with van der Waals surface area (Å²) in [5.41, 5.74) is 1.01. The van der Waals surface area contributed by atoms with Crippen molar-refractivity contribution < 1.29 is 13.5 Å². The molecule has 0 unspecified atom stereocenters. The van der Waals surface area contributed by atoms with Crippen molar-refractivity contribution >= 4 is 0 Å². The Labute approximate surface area is 112 Å². The fraction of sp³-hybridized carbons (Fsp3) is 0.692. The Morgan fingerprint density at radius 1 is 1.26 bits per heavy atom. The molecule has 1 aromatic rings. The second-order valence-electron chi connectivity index (χ2n) is 4.75. The molecule has 0 aromatic carbocycles. The number of halogens is 2. The highest BCUT2D eigenvalue weighted by molar-refractivity contribution is 5.04. The molecule has 0 bridgehead atoms. The van der Waals surface area contributed by atoms with E-state index >= 15 is 0 Å². The first-order valence-corrected chi connectivity index (χ1v) is 6.44.